The number of hydrogen-bond acceptors (Lipinski definition) is 3. The van der Waals surface area contributed by atoms with Gasteiger partial charge < -0.3 is 10.2 Å². The number of aliphatic carboxylic acids is 1. The first-order valence-corrected chi connectivity index (χ1v) is 6.26. The largest absolute Gasteiger partial charge is 0.481 e. The minimum absolute atomic E-state index is 0.355. The smallest absolute Gasteiger partial charge is 0.306 e. The van der Waals surface area contributed by atoms with Crippen molar-refractivity contribution in [3.05, 3.63) is 42.1 Å². The Balaban J connectivity index is 2.30. The number of aliphatic hydroxyl groups is 1. The predicted molar refractivity (Wildman–Crippen MR) is 72.7 cm³/mol. The van der Waals surface area contributed by atoms with Crippen molar-refractivity contribution in [3.8, 4) is 0 Å². The lowest BCUT2D eigenvalue weighted by molar-refractivity contribution is -0.144. The van der Waals surface area contributed by atoms with Crippen LogP contribution in [0, 0.1) is 11.8 Å². The summed E-state index contributed by atoms with van der Waals surface area (Å²) in [7, 11) is 0. The van der Waals surface area contributed by atoms with E-state index in [-0.39, 0.29) is 5.92 Å². The van der Waals surface area contributed by atoms with E-state index in [0.29, 0.717) is 0 Å². The van der Waals surface area contributed by atoms with Crippen molar-refractivity contribution in [2.45, 2.75) is 20.0 Å². The summed E-state index contributed by atoms with van der Waals surface area (Å²) in [5.41, 5.74) is 1.58. The van der Waals surface area contributed by atoms with Crippen LogP contribution >= 0.6 is 0 Å². The Morgan fingerprint density at radius 1 is 1.26 bits per heavy atom. The second kappa shape index (κ2) is 5.36. The lowest BCUT2D eigenvalue weighted by Crippen LogP contribution is -2.23. The third kappa shape index (κ3) is 2.74. The van der Waals surface area contributed by atoms with Crippen molar-refractivity contribution >= 4 is 16.9 Å². The average molecular weight is 259 g/mol. The van der Waals surface area contributed by atoms with Gasteiger partial charge in [0.15, 0.2) is 0 Å². The summed E-state index contributed by atoms with van der Waals surface area (Å²) in [6.45, 7) is 3.36. The third-order valence-electron chi connectivity index (χ3n) is 3.64. The van der Waals surface area contributed by atoms with Gasteiger partial charge in [-0.05, 0) is 29.7 Å². The Bertz CT molecular complexity index is 597. The molecule has 0 radical (unpaired) electrons. The molecule has 4 nitrogen and oxygen atoms in total. The van der Waals surface area contributed by atoms with E-state index in [1.165, 1.54) is 0 Å². The first-order valence-electron chi connectivity index (χ1n) is 6.26. The van der Waals surface area contributed by atoms with Gasteiger partial charge in [0.1, 0.15) is 0 Å². The van der Waals surface area contributed by atoms with Gasteiger partial charge in [0, 0.05) is 11.6 Å². The predicted octanol–water partition coefficient (Wildman–Crippen LogP) is 2.63. The summed E-state index contributed by atoms with van der Waals surface area (Å²) in [6.07, 6.45) is 0.920. The maximum Gasteiger partial charge on any atom is 0.306 e. The number of aromatic nitrogens is 1. The number of fused-ring (bicyclic) bond motifs is 1. The third-order valence-corrected chi connectivity index (χ3v) is 3.64. The van der Waals surface area contributed by atoms with Crippen LogP contribution < -0.4 is 0 Å². The molecule has 0 saturated heterocycles. The summed E-state index contributed by atoms with van der Waals surface area (Å²) >= 11 is 0. The molecule has 2 rings (SSSR count). The highest BCUT2D eigenvalue weighted by Crippen LogP contribution is 2.29. The Morgan fingerprint density at radius 2 is 2.00 bits per heavy atom. The fourth-order valence-electron chi connectivity index (χ4n) is 2.08. The highest BCUT2D eigenvalue weighted by Gasteiger charge is 2.27. The summed E-state index contributed by atoms with van der Waals surface area (Å²) in [4.78, 5) is 15.2. The first-order chi connectivity index (χ1) is 9.00. The molecule has 0 fully saturated rings. The van der Waals surface area contributed by atoms with Gasteiger partial charge in [-0.3, -0.25) is 9.78 Å². The highest BCUT2D eigenvalue weighted by molar-refractivity contribution is 5.79. The van der Waals surface area contributed by atoms with Crippen LogP contribution in [0.25, 0.3) is 10.9 Å². The number of benzene rings is 1. The van der Waals surface area contributed by atoms with E-state index in [0.717, 1.165) is 16.5 Å². The monoisotopic (exact) mass is 259 g/mol. The molecule has 3 atom stereocenters. The van der Waals surface area contributed by atoms with Gasteiger partial charge in [0.2, 0.25) is 0 Å². The van der Waals surface area contributed by atoms with E-state index < -0.39 is 18.0 Å². The van der Waals surface area contributed by atoms with Crippen molar-refractivity contribution in [1.29, 1.82) is 0 Å². The molecule has 0 aliphatic rings. The van der Waals surface area contributed by atoms with Crippen LogP contribution in [0.2, 0.25) is 0 Å². The maximum atomic E-state index is 11.0. The van der Waals surface area contributed by atoms with Crippen LogP contribution in [0.1, 0.15) is 25.5 Å². The number of aliphatic hydroxyl groups excluding tert-OH is 1. The fourth-order valence-corrected chi connectivity index (χ4v) is 2.08. The minimum atomic E-state index is -0.894. The zero-order valence-corrected chi connectivity index (χ0v) is 10.9. The molecule has 0 bridgehead atoms. The van der Waals surface area contributed by atoms with Gasteiger partial charge in [-0.25, -0.2) is 0 Å². The summed E-state index contributed by atoms with van der Waals surface area (Å²) < 4.78 is 0. The Kier molecular flexibility index (Phi) is 3.81. The number of carbonyl (C=O) groups is 1. The molecule has 1 heterocycles. The molecule has 1 aromatic carbocycles. The molecule has 2 N–H and O–H groups in total. The molecule has 1 aromatic heterocycles. The van der Waals surface area contributed by atoms with Crippen molar-refractivity contribution in [2.24, 2.45) is 11.8 Å². The van der Waals surface area contributed by atoms with Gasteiger partial charge in [-0.2, -0.15) is 0 Å². The Morgan fingerprint density at radius 3 is 2.68 bits per heavy atom. The highest BCUT2D eigenvalue weighted by atomic mass is 16.4. The van der Waals surface area contributed by atoms with Crippen LogP contribution in [-0.2, 0) is 4.79 Å². The zero-order chi connectivity index (χ0) is 14.0. The van der Waals surface area contributed by atoms with Crippen molar-refractivity contribution in [1.82, 2.24) is 4.98 Å². The Hall–Kier alpha value is -1.94. The average Bonchev–Trinajstić information content (AvgIpc) is 2.44. The molecular weight excluding hydrogens is 242 g/mol. The molecule has 2 aromatic rings. The number of rotatable bonds is 4. The van der Waals surface area contributed by atoms with Crippen molar-refractivity contribution in [3.63, 3.8) is 0 Å². The normalized spacial score (nSPS) is 15.9. The van der Waals surface area contributed by atoms with E-state index >= 15 is 0 Å². The topological polar surface area (TPSA) is 70.4 Å². The van der Waals surface area contributed by atoms with E-state index in [9.17, 15) is 9.90 Å². The van der Waals surface area contributed by atoms with Crippen molar-refractivity contribution in [2.75, 3.05) is 0 Å². The quantitative estimate of drug-likeness (QED) is 0.885. The van der Waals surface area contributed by atoms with Crippen molar-refractivity contribution < 1.29 is 15.0 Å². The SMILES string of the molecule is CC(C(=O)O)C(C)C(O)c1ccc2ncccc2c1. The molecular formula is C15H17NO3. The minimum Gasteiger partial charge on any atom is -0.481 e. The fraction of sp³-hybridized carbons (Fsp3) is 0.333. The number of carboxylic acid groups (broad SMARTS) is 1. The van der Waals surface area contributed by atoms with Crippen LogP contribution in [0.15, 0.2) is 36.5 Å². The zero-order valence-electron chi connectivity index (χ0n) is 10.9. The summed E-state index contributed by atoms with van der Waals surface area (Å²) in [5, 5.41) is 20.2. The van der Waals surface area contributed by atoms with Gasteiger partial charge in [0.25, 0.3) is 0 Å². The molecule has 100 valence electrons. The van der Waals surface area contributed by atoms with Gasteiger partial charge in [-0.15, -0.1) is 0 Å². The van der Waals surface area contributed by atoms with Crippen LogP contribution in [0.4, 0.5) is 0 Å². The Labute approximate surface area is 111 Å². The van der Waals surface area contributed by atoms with E-state index in [2.05, 4.69) is 4.98 Å². The van der Waals surface area contributed by atoms with E-state index in [1.54, 1.807) is 26.1 Å². The molecule has 3 unspecified atom stereocenters. The number of carboxylic acids is 1. The molecule has 0 saturated carbocycles. The number of nitrogens with zero attached hydrogens (tertiary/aromatic N) is 1. The second-order valence-corrected chi connectivity index (χ2v) is 4.89. The maximum absolute atomic E-state index is 11.0. The van der Waals surface area contributed by atoms with E-state index in [4.69, 9.17) is 5.11 Å². The van der Waals surface area contributed by atoms with Crippen LogP contribution in [0.5, 0.6) is 0 Å². The van der Waals surface area contributed by atoms with Crippen LogP contribution in [-0.4, -0.2) is 21.2 Å². The number of hydrogen-bond donors (Lipinski definition) is 2. The molecule has 0 amide bonds. The first kappa shape index (κ1) is 13.5. The molecule has 0 aliphatic carbocycles. The van der Waals surface area contributed by atoms with E-state index in [1.807, 2.05) is 24.3 Å². The summed E-state index contributed by atoms with van der Waals surface area (Å²) in [5.74, 6) is -1.85. The molecule has 19 heavy (non-hydrogen) atoms. The standard InChI is InChI=1S/C15H17NO3/c1-9(10(2)15(18)19)14(17)12-5-6-13-11(8-12)4-3-7-16-13/h3-10,14,17H,1-2H3,(H,18,19). The van der Waals surface area contributed by atoms with Gasteiger partial charge >= 0.3 is 5.97 Å². The van der Waals surface area contributed by atoms with Crippen LogP contribution in [0.3, 0.4) is 0 Å². The lowest BCUT2D eigenvalue weighted by atomic mass is 9.87. The van der Waals surface area contributed by atoms with Gasteiger partial charge in [0.05, 0.1) is 17.5 Å². The summed E-state index contributed by atoms with van der Waals surface area (Å²) in [6, 6.07) is 9.25. The number of pyridine rings is 1. The molecule has 4 heteroatoms. The second-order valence-electron chi connectivity index (χ2n) is 4.89. The molecule has 0 aliphatic heterocycles. The lowest BCUT2D eigenvalue weighted by Gasteiger charge is -2.22. The van der Waals surface area contributed by atoms with Gasteiger partial charge in [-0.1, -0.05) is 26.0 Å². The molecule has 0 spiro atoms.